The third-order valence-corrected chi connectivity index (χ3v) is 3.26. The molecule has 0 N–H and O–H groups in total. The average Bonchev–Trinajstić information content (AvgIpc) is 2.60. The fourth-order valence-corrected chi connectivity index (χ4v) is 2.00. The van der Waals surface area contributed by atoms with Crippen molar-refractivity contribution in [3.63, 3.8) is 0 Å². The topological polar surface area (TPSA) is 50.8 Å². The van der Waals surface area contributed by atoms with Crippen LogP contribution in [-0.4, -0.2) is 13.1 Å². The van der Waals surface area contributed by atoms with E-state index in [-0.39, 0.29) is 5.57 Å². The monoisotopic (exact) mass is 303 g/mol. The van der Waals surface area contributed by atoms with Gasteiger partial charge in [-0.25, -0.2) is 0 Å². The summed E-state index contributed by atoms with van der Waals surface area (Å²) in [6.45, 7) is 6.32. The van der Waals surface area contributed by atoms with Gasteiger partial charge in [0.25, 0.3) is 0 Å². The number of nitriles is 2. The minimum Gasteiger partial charge on any atom is -0.372 e. The molecule has 0 aliphatic rings. The lowest BCUT2D eigenvalue weighted by molar-refractivity contribution is 0.866. The van der Waals surface area contributed by atoms with Crippen LogP contribution in [0.2, 0.25) is 0 Å². The number of allylic oxidation sites excluding steroid dienone is 7. The zero-order valence-electron chi connectivity index (χ0n) is 13.6. The van der Waals surface area contributed by atoms with Crippen molar-refractivity contribution in [2.24, 2.45) is 0 Å². The zero-order chi connectivity index (χ0) is 16.9. The molecule has 0 aliphatic heterocycles. The molecule has 1 aromatic rings. The lowest BCUT2D eigenvalue weighted by atomic mass is 10.2. The van der Waals surface area contributed by atoms with Crippen molar-refractivity contribution in [2.75, 3.05) is 18.0 Å². The SMILES string of the molecule is CCN(CC)c1ccc(/C=C/C=C/C=C/C=C(C#N)C#N)cc1. The molecule has 3 nitrogen and oxygen atoms in total. The molecule has 0 spiro atoms. The van der Waals surface area contributed by atoms with Crippen LogP contribution in [0.5, 0.6) is 0 Å². The predicted molar refractivity (Wildman–Crippen MR) is 96.6 cm³/mol. The highest BCUT2D eigenvalue weighted by molar-refractivity contribution is 5.57. The molecule has 0 unspecified atom stereocenters. The van der Waals surface area contributed by atoms with Crippen LogP contribution in [0.1, 0.15) is 19.4 Å². The Morgan fingerprint density at radius 3 is 2.04 bits per heavy atom. The van der Waals surface area contributed by atoms with E-state index in [0.29, 0.717) is 0 Å². The van der Waals surface area contributed by atoms with Gasteiger partial charge in [0.15, 0.2) is 0 Å². The summed E-state index contributed by atoms with van der Waals surface area (Å²) >= 11 is 0. The highest BCUT2D eigenvalue weighted by atomic mass is 15.1. The van der Waals surface area contributed by atoms with Crippen LogP contribution in [0.3, 0.4) is 0 Å². The molecule has 0 saturated heterocycles. The quantitative estimate of drug-likeness (QED) is 0.545. The normalized spacial score (nSPS) is 10.8. The van der Waals surface area contributed by atoms with Crippen molar-refractivity contribution in [1.82, 2.24) is 0 Å². The fraction of sp³-hybridized carbons (Fsp3) is 0.200. The molecule has 0 bridgehead atoms. The Kier molecular flexibility index (Phi) is 8.34. The molecule has 0 amide bonds. The van der Waals surface area contributed by atoms with Gasteiger partial charge in [-0.3, -0.25) is 0 Å². The van der Waals surface area contributed by atoms with Crippen LogP contribution in [0.15, 0.2) is 66.3 Å². The Bertz CT molecular complexity index is 657. The molecule has 0 atom stereocenters. The standard InChI is InChI=1S/C20H21N3/c1-3-23(4-2)20-14-12-18(13-15-20)10-8-6-5-7-9-11-19(16-21)17-22/h5-15H,3-4H2,1-2H3/b6-5+,9-7+,10-8+. The van der Waals surface area contributed by atoms with Gasteiger partial charge in [0.2, 0.25) is 0 Å². The van der Waals surface area contributed by atoms with Gasteiger partial charge in [-0.05, 0) is 37.6 Å². The van der Waals surface area contributed by atoms with E-state index in [1.807, 2.05) is 24.3 Å². The minimum atomic E-state index is 0.0958. The summed E-state index contributed by atoms with van der Waals surface area (Å²) in [6, 6.07) is 12.1. The Hall–Kier alpha value is -3.04. The van der Waals surface area contributed by atoms with E-state index < -0.39 is 0 Å². The van der Waals surface area contributed by atoms with E-state index in [0.717, 1.165) is 18.7 Å². The summed E-state index contributed by atoms with van der Waals surface area (Å²) in [5.41, 5.74) is 2.48. The molecule has 0 heterocycles. The van der Waals surface area contributed by atoms with Crippen molar-refractivity contribution in [3.8, 4) is 12.1 Å². The van der Waals surface area contributed by atoms with Gasteiger partial charge < -0.3 is 4.90 Å². The molecular formula is C20H21N3. The molecule has 1 aromatic carbocycles. The number of benzene rings is 1. The number of hydrogen-bond acceptors (Lipinski definition) is 3. The Labute approximate surface area is 138 Å². The molecule has 1 rings (SSSR count). The second-order valence-corrected chi connectivity index (χ2v) is 4.70. The molecule has 0 radical (unpaired) electrons. The first-order chi connectivity index (χ1) is 11.2. The third-order valence-electron chi connectivity index (χ3n) is 3.26. The Morgan fingerprint density at radius 1 is 0.913 bits per heavy atom. The highest BCUT2D eigenvalue weighted by Gasteiger charge is 1.99. The molecular weight excluding hydrogens is 282 g/mol. The number of hydrogen-bond donors (Lipinski definition) is 0. The van der Waals surface area contributed by atoms with E-state index in [9.17, 15) is 0 Å². The Balaban J connectivity index is 2.57. The van der Waals surface area contributed by atoms with Crippen molar-refractivity contribution in [2.45, 2.75) is 13.8 Å². The van der Waals surface area contributed by atoms with E-state index >= 15 is 0 Å². The average molecular weight is 303 g/mol. The van der Waals surface area contributed by atoms with Gasteiger partial charge in [-0.1, -0.05) is 48.6 Å². The molecule has 0 saturated carbocycles. The summed E-state index contributed by atoms with van der Waals surface area (Å²) in [4.78, 5) is 2.31. The number of rotatable bonds is 7. The van der Waals surface area contributed by atoms with E-state index in [1.54, 1.807) is 24.3 Å². The first-order valence-electron chi connectivity index (χ1n) is 7.62. The summed E-state index contributed by atoms with van der Waals surface area (Å²) in [5, 5.41) is 17.1. The van der Waals surface area contributed by atoms with Crippen LogP contribution in [0, 0.1) is 22.7 Å². The lowest BCUT2D eigenvalue weighted by Gasteiger charge is -2.20. The van der Waals surface area contributed by atoms with Crippen molar-refractivity contribution >= 4 is 11.8 Å². The second kappa shape index (κ2) is 10.7. The fourth-order valence-electron chi connectivity index (χ4n) is 2.00. The smallest absolute Gasteiger partial charge is 0.129 e. The molecule has 0 fully saturated rings. The maximum absolute atomic E-state index is 8.57. The minimum absolute atomic E-state index is 0.0958. The van der Waals surface area contributed by atoms with Gasteiger partial charge in [0, 0.05) is 18.8 Å². The highest BCUT2D eigenvalue weighted by Crippen LogP contribution is 2.15. The second-order valence-electron chi connectivity index (χ2n) is 4.70. The van der Waals surface area contributed by atoms with E-state index in [1.165, 1.54) is 11.8 Å². The first-order valence-corrected chi connectivity index (χ1v) is 7.62. The van der Waals surface area contributed by atoms with Gasteiger partial charge >= 0.3 is 0 Å². The molecule has 0 aromatic heterocycles. The predicted octanol–water partition coefficient (Wildman–Crippen LogP) is 4.63. The molecule has 23 heavy (non-hydrogen) atoms. The Morgan fingerprint density at radius 2 is 1.48 bits per heavy atom. The van der Waals surface area contributed by atoms with Crippen LogP contribution >= 0.6 is 0 Å². The van der Waals surface area contributed by atoms with Gasteiger partial charge in [-0.15, -0.1) is 0 Å². The summed E-state index contributed by atoms with van der Waals surface area (Å²) in [5.74, 6) is 0. The van der Waals surface area contributed by atoms with Gasteiger partial charge in [0.1, 0.15) is 17.7 Å². The largest absolute Gasteiger partial charge is 0.372 e. The third kappa shape index (κ3) is 6.50. The maximum Gasteiger partial charge on any atom is 0.129 e. The summed E-state index contributed by atoms with van der Waals surface area (Å²) < 4.78 is 0. The summed E-state index contributed by atoms with van der Waals surface area (Å²) in [6.07, 6.45) is 12.7. The van der Waals surface area contributed by atoms with Crippen LogP contribution < -0.4 is 4.90 Å². The van der Waals surface area contributed by atoms with Gasteiger partial charge in [-0.2, -0.15) is 10.5 Å². The lowest BCUT2D eigenvalue weighted by Crippen LogP contribution is -2.21. The van der Waals surface area contributed by atoms with Crippen molar-refractivity contribution in [3.05, 3.63) is 71.9 Å². The zero-order valence-corrected chi connectivity index (χ0v) is 13.6. The summed E-state index contributed by atoms with van der Waals surface area (Å²) in [7, 11) is 0. The first kappa shape index (κ1) is 18.0. The van der Waals surface area contributed by atoms with Gasteiger partial charge in [0.05, 0.1) is 0 Å². The number of anilines is 1. The van der Waals surface area contributed by atoms with E-state index in [2.05, 4.69) is 43.0 Å². The van der Waals surface area contributed by atoms with Crippen molar-refractivity contribution in [1.29, 1.82) is 10.5 Å². The maximum atomic E-state index is 8.57. The van der Waals surface area contributed by atoms with Crippen LogP contribution in [-0.2, 0) is 0 Å². The molecule has 3 heteroatoms. The van der Waals surface area contributed by atoms with Crippen molar-refractivity contribution < 1.29 is 0 Å². The number of nitrogens with zero attached hydrogens (tertiary/aromatic N) is 3. The molecule has 0 aliphatic carbocycles. The van der Waals surface area contributed by atoms with Crippen LogP contribution in [0.4, 0.5) is 5.69 Å². The molecule has 116 valence electrons. The van der Waals surface area contributed by atoms with E-state index in [4.69, 9.17) is 10.5 Å². The van der Waals surface area contributed by atoms with Crippen LogP contribution in [0.25, 0.3) is 6.08 Å².